The summed E-state index contributed by atoms with van der Waals surface area (Å²) in [4.78, 5) is 28.4. The van der Waals surface area contributed by atoms with Gasteiger partial charge >= 0.3 is 5.97 Å². The fourth-order valence-electron chi connectivity index (χ4n) is 9.23. The Hall–Kier alpha value is -2.44. The average Bonchev–Trinajstić information content (AvgIpc) is 3.15. The van der Waals surface area contributed by atoms with E-state index in [4.69, 9.17) is 4.74 Å². The van der Waals surface area contributed by atoms with E-state index in [0.29, 0.717) is 12.0 Å². The van der Waals surface area contributed by atoms with Crippen LogP contribution in [0.4, 0.5) is 0 Å². The number of carbonyl (C=O) groups is 2. The average molecular weight is 565 g/mol. The molecule has 0 aromatic heterocycles. The predicted octanol–water partition coefficient (Wildman–Crippen LogP) is 6.02. The molecule has 0 amide bonds. The number of hydrogen-bond acceptors (Lipinski definition) is 6. The van der Waals surface area contributed by atoms with Crippen molar-refractivity contribution in [3.63, 3.8) is 0 Å². The highest BCUT2D eigenvalue weighted by Crippen LogP contribution is 2.60. The van der Waals surface area contributed by atoms with E-state index in [-0.39, 0.29) is 52.8 Å². The Morgan fingerprint density at radius 3 is 2.37 bits per heavy atom. The highest BCUT2D eigenvalue weighted by molar-refractivity contribution is 6.26. The lowest BCUT2D eigenvalue weighted by molar-refractivity contribution is -0.156. The lowest BCUT2D eigenvalue weighted by Gasteiger charge is -2.55. The minimum atomic E-state index is -1.46. The normalized spacial score (nSPS) is 50.6. The molecule has 6 nitrogen and oxygen atoms in total. The van der Waals surface area contributed by atoms with Crippen LogP contribution in [0.3, 0.4) is 0 Å². The molecular formula is C35H48O6. The summed E-state index contributed by atoms with van der Waals surface area (Å²) in [6, 6.07) is 0. The summed E-state index contributed by atoms with van der Waals surface area (Å²) in [5.74, 6) is -2.74. The molecule has 2 bridgehead atoms. The first kappa shape index (κ1) is 30.0. The second kappa shape index (κ2) is 10.7. The molecule has 1 saturated carbocycles. The van der Waals surface area contributed by atoms with Crippen LogP contribution in [0.25, 0.3) is 0 Å². The Morgan fingerprint density at radius 2 is 1.68 bits per heavy atom. The summed E-state index contributed by atoms with van der Waals surface area (Å²) in [6.45, 7) is 14.1. The molecule has 1 aliphatic heterocycles. The summed E-state index contributed by atoms with van der Waals surface area (Å²) >= 11 is 0. The number of Topliss-reactive ketones (excluding diaryl/α,β-unsaturated/α-hetero) is 1. The number of ether oxygens (including phenoxy) is 1. The minimum absolute atomic E-state index is 0.0620. The van der Waals surface area contributed by atoms with Gasteiger partial charge in [-0.15, -0.1) is 0 Å². The molecule has 0 aromatic rings. The van der Waals surface area contributed by atoms with Crippen molar-refractivity contribution in [2.24, 2.45) is 52.8 Å². The van der Waals surface area contributed by atoms with Gasteiger partial charge in [-0.05, 0) is 55.9 Å². The van der Waals surface area contributed by atoms with E-state index in [1.807, 2.05) is 45.9 Å². The smallest absolute Gasteiger partial charge is 0.346 e. The van der Waals surface area contributed by atoms with Gasteiger partial charge in [0, 0.05) is 35.5 Å². The van der Waals surface area contributed by atoms with Crippen molar-refractivity contribution < 1.29 is 29.6 Å². The van der Waals surface area contributed by atoms with Crippen LogP contribution in [0.15, 0.2) is 58.9 Å². The van der Waals surface area contributed by atoms with E-state index in [9.17, 15) is 24.9 Å². The van der Waals surface area contributed by atoms with Gasteiger partial charge in [0.1, 0.15) is 11.3 Å². The number of rotatable bonds is 2. The highest BCUT2D eigenvalue weighted by atomic mass is 16.6. The van der Waals surface area contributed by atoms with Crippen LogP contribution in [0.2, 0.25) is 0 Å². The summed E-state index contributed by atoms with van der Waals surface area (Å²) in [7, 11) is 0. The van der Waals surface area contributed by atoms with Crippen molar-refractivity contribution >= 4 is 11.8 Å². The van der Waals surface area contributed by atoms with Gasteiger partial charge in [-0.25, -0.2) is 4.79 Å². The van der Waals surface area contributed by atoms with E-state index in [0.717, 1.165) is 24.8 Å². The van der Waals surface area contributed by atoms with E-state index >= 15 is 0 Å². The molecule has 12 atom stereocenters. The summed E-state index contributed by atoms with van der Waals surface area (Å²) in [6.07, 6.45) is 13.6. The summed E-state index contributed by atoms with van der Waals surface area (Å²) in [5.41, 5.74) is -1.08. The number of aliphatic hydroxyl groups is 3. The van der Waals surface area contributed by atoms with Crippen molar-refractivity contribution in [1.29, 1.82) is 0 Å². The topological polar surface area (TPSA) is 104 Å². The molecule has 5 aliphatic rings. The molecule has 224 valence electrons. The second-order valence-corrected chi connectivity index (χ2v) is 14.0. The van der Waals surface area contributed by atoms with Crippen LogP contribution in [-0.4, -0.2) is 44.9 Å². The Kier molecular flexibility index (Phi) is 7.82. The maximum absolute atomic E-state index is 14.6. The number of aliphatic hydroxyl groups excluding tert-OH is 3. The molecule has 3 N–H and O–H groups in total. The van der Waals surface area contributed by atoms with Crippen molar-refractivity contribution in [2.75, 3.05) is 0 Å². The largest absolute Gasteiger partial charge is 0.511 e. The fourth-order valence-corrected chi connectivity index (χ4v) is 9.23. The van der Waals surface area contributed by atoms with E-state index in [1.165, 1.54) is 0 Å². The standard InChI is InChI=1S/C35H48O6/c1-8-9-23-10-11-24-16-22(6)29(36)20(4)14-18(2)26-13-12-25-28(19(3)15-21(5)30(25)37)34(26,7)31(38)27-32(39)35(24,17-23)41-33(27)40/h10-14,16,19-21,23-26,28-30,36-38H,8-9,15,17H2,1-7H3/b18-14+,22-16+,31-27-. The molecule has 0 aromatic carbocycles. The molecule has 1 saturated heterocycles. The van der Waals surface area contributed by atoms with Gasteiger partial charge in [0.15, 0.2) is 5.60 Å². The molecule has 12 unspecified atom stereocenters. The third-order valence-corrected chi connectivity index (χ3v) is 11.2. The van der Waals surface area contributed by atoms with Gasteiger partial charge in [0.25, 0.3) is 0 Å². The van der Waals surface area contributed by atoms with Crippen LogP contribution in [0, 0.1) is 52.8 Å². The summed E-state index contributed by atoms with van der Waals surface area (Å²) < 4.78 is 6.12. The molecule has 2 fully saturated rings. The first-order valence-corrected chi connectivity index (χ1v) is 15.6. The first-order valence-electron chi connectivity index (χ1n) is 15.6. The Morgan fingerprint density at radius 1 is 0.976 bits per heavy atom. The predicted molar refractivity (Wildman–Crippen MR) is 158 cm³/mol. The SMILES string of the molecule is CCCC1C=CC2/C=C(\C)C(O)C(C)/C=C(\C)C3C=CC4C(O)C(C)CC(C)C4C3(C)/C(O)=C3/C(=O)OC2(C1)C3=O. The number of ketones is 1. The quantitative estimate of drug-likeness (QED) is 0.215. The van der Waals surface area contributed by atoms with Gasteiger partial charge in [0.2, 0.25) is 5.78 Å². The van der Waals surface area contributed by atoms with Gasteiger partial charge in [-0.3, -0.25) is 4.79 Å². The van der Waals surface area contributed by atoms with E-state index < -0.39 is 40.9 Å². The van der Waals surface area contributed by atoms with Crippen LogP contribution in [-0.2, 0) is 14.3 Å². The van der Waals surface area contributed by atoms with E-state index in [1.54, 1.807) is 0 Å². The van der Waals surface area contributed by atoms with Gasteiger partial charge < -0.3 is 20.1 Å². The third kappa shape index (κ3) is 4.52. The van der Waals surface area contributed by atoms with Crippen molar-refractivity contribution in [3.05, 3.63) is 58.9 Å². The zero-order valence-electron chi connectivity index (χ0n) is 25.6. The maximum Gasteiger partial charge on any atom is 0.346 e. The summed E-state index contributed by atoms with van der Waals surface area (Å²) in [5, 5.41) is 35.0. The molecule has 4 aliphatic carbocycles. The monoisotopic (exact) mass is 564 g/mol. The minimum Gasteiger partial charge on any atom is -0.511 e. The second-order valence-electron chi connectivity index (χ2n) is 14.0. The lowest BCUT2D eigenvalue weighted by atomic mass is 9.49. The van der Waals surface area contributed by atoms with Crippen molar-refractivity contribution in [2.45, 2.75) is 92.0 Å². The highest BCUT2D eigenvalue weighted by Gasteiger charge is 2.62. The molecule has 0 radical (unpaired) electrons. The Bertz CT molecular complexity index is 1250. The Balaban J connectivity index is 1.78. The lowest BCUT2D eigenvalue weighted by Crippen LogP contribution is -2.54. The molecular weight excluding hydrogens is 516 g/mol. The number of carbonyl (C=O) groups excluding carboxylic acids is 2. The number of hydrogen-bond donors (Lipinski definition) is 3. The first-order chi connectivity index (χ1) is 19.3. The molecule has 41 heavy (non-hydrogen) atoms. The van der Waals surface area contributed by atoms with E-state index in [2.05, 4.69) is 39.0 Å². The maximum atomic E-state index is 14.6. The van der Waals surface area contributed by atoms with Crippen LogP contribution in [0.5, 0.6) is 0 Å². The Labute approximate surface area is 244 Å². The third-order valence-electron chi connectivity index (χ3n) is 11.2. The molecule has 1 spiro atoms. The zero-order valence-corrected chi connectivity index (χ0v) is 25.6. The molecule has 1 heterocycles. The molecule has 5 rings (SSSR count). The number of esters is 1. The number of fused-ring (bicyclic) bond motifs is 4. The van der Waals surface area contributed by atoms with Gasteiger partial charge in [0.05, 0.1) is 12.2 Å². The fraction of sp³-hybridized carbons (Fsp3) is 0.657. The van der Waals surface area contributed by atoms with Crippen LogP contribution >= 0.6 is 0 Å². The zero-order chi connectivity index (χ0) is 30.0. The molecule has 6 heteroatoms. The van der Waals surface area contributed by atoms with Gasteiger partial charge in [-0.2, -0.15) is 0 Å². The van der Waals surface area contributed by atoms with Crippen LogP contribution in [0.1, 0.15) is 74.1 Å². The van der Waals surface area contributed by atoms with Gasteiger partial charge in [-0.1, -0.05) is 83.1 Å². The van der Waals surface area contributed by atoms with Crippen molar-refractivity contribution in [3.8, 4) is 0 Å². The van der Waals surface area contributed by atoms with Crippen molar-refractivity contribution in [1.82, 2.24) is 0 Å². The van der Waals surface area contributed by atoms with Crippen LogP contribution < -0.4 is 0 Å². The number of allylic oxidation sites excluding steroid dienone is 4.